The number of carbonyl (C=O) groups excluding carboxylic acids is 2. The second-order valence-corrected chi connectivity index (χ2v) is 11.2. The Morgan fingerprint density at radius 1 is 1.07 bits per heavy atom. The largest absolute Gasteiger partial charge is 0.469 e. The van der Waals surface area contributed by atoms with Crippen LogP contribution >= 0.6 is 0 Å². The van der Waals surface area contributed by atoms with Crippen molar-refractivity contribution >= 4 is 11.8 Å². The van der Waals surface area contributed by atoms with Crippen molar-refractivity contribution in [3.8, 4) is 0 Å². The van der Waals surface area contributed by atoms with Crippen LogP contribution in [0.5, 0.6) is 0 Å². The Hall–Kier alpha value is -0.860. The standard InChI is InChI=1S/C25H40O3/c1-16(8-11-22(27)28-4)18-9-10-19-23-20(12-14-25(18,19)3)24(2)13-6-5-7-17(24)15-21(23)26/h16-20,23H,5-15H2,1-4H3/t16-,17-,18+,19+,20-,23-,24-,25+/m0/s1. The van der Waals surface area contributed by atoms with Gasteiger partial charge in [0, 0.05) is 18.8 Å². The molecule has 158 valence electrons. The fraction of sp³-hybridized carbons (Fsp3) is 0.920. The summed E-state index contributed by atoms with van der Waals surface area (Å²) in [5, 5.41) is 0. The van der Waals surface area contributed by atoms with E-state index in [2.05, 4.69) is 20.8 Å². The number of ether oxygens (including phenoxy) is 1. The van der Waals surface area contributed by atoms with Crippen LogP contribution in [0.25, 0.3) is 0 Å². The summed E-state index contributed by atoms with van der Waals surface area (Å²) in [6, 6.07) is 0. The van der Waals surface area contributed by atoms with Crippen LogP contribution in [0.1, 0.15) is 91.4 Å². The number of esters is 1. The van der Waals surface area contributed by atoms with Crippen LogP contribution in [0.4, 0.5) is 0 Å². The van der Waals surface area contributed by atoms with E-state index in [1.807, 2.05) is 0 Å². The van der Waals surface area contributed by atoms with E-state index in [0.717, 1.165) is 12.8 Å². The van der Waals surface area contributed by atoms with Gasteiger partial charge in [0.25, 0.3) is 0 Å². The van der Waals surface area contributed by atoms with Crippen molar-refractivity contribution < 1.29 is 14.3 Å². The Balaban J connectivity index is 1.54. The van der Waals surface area contributed by atoms with Gasteiger partial charge >= 0.3 is 5.97 Å². The molecule has 0 heterocycles. The Morgan fingerprint density at radius 3 is 2.57 bits per heavy atom. The molecule has 0 aromatic carbocycles. The number of carbonyl (C=O) groups is 2. The van der Waals surface area contributed by atoms with E-state index in [9.17, 15) is 9.59 Å². The van der Waals surface area contributed by atoms with E-state index in [4.69, 9.17) is 4.74 Å². The maximum Gasteiger partial charge on any atom is 0.305 e. The highest BCUT2D eigenvalue weighted by Crippen LogP contribution is 2.67. The summed E-state index contributed by atoms with van der Waals surface area (Å²) in [4.78, 5) is 25.0. The van der Waals surface area contributed by atoms with E-state index in [-0.39, 0.29) is 11.4 Å². The van der Waals surface area contributed by atoms with Gasteiger partial charge in [-0.3, -0.25) is 9.59 Å². The normalized spacial score (nSPS) is 46.3. The number of hydrogen-bond donors (Lipinski definition) is 0. The van der Waals surface area contributed by atoms with Gasteiger partial charge in [0.2, 0.25) is 0 Å². The fourth-order valence-electron chi connectivity index (χ4n) is 8.59. The topological polar surface area (TPSA) is 43.4 Å². The first-order chi connectivity index (χ1) is 13.3. The van der Waals surface area contributed by atoms with Gasteiger partial charge in [0.05, 0.1) is 7.11 Å². The maximum atomic E-state index is 13.4. The quantitative estimate of drug-likeness (QED) is 0.571. The van der Waals surface area contributed by atoms with Gasteiger partial charge in [-0.25, -0.2) is 0 Å². The van der Waals surface area contributed by atoms with Crippen LogP contribution in [0, 0.1) is 46.3 Å². The molecule has 0 N–H and O–H groups in total. The first-order valence-electron chi connectivity index (χ1n) is 11.9. The summed E-state index contributed by atoms with van der Waals surface area (Å²) in [6.45, 7) is 7.35. The molecule has 0 saturated heterocycles. The molecule has 4 aliphatic rings. The number of ketones is 1. The Bertz CT molecular complexity index is 627. The lowest BCUT2D eigenvalue weighted by atomic mass is 9.44. The Morgan fingerprint density at radius 2 is 1.82 bits per heavy atom. The van der Waals surface area contributed by atoms with Crippen molar-refractivity contribution in [1.82, 2.24) is 0 Å². The molecule has 3 nitrogen and oxygen atoms in total. The molecule has 0 aromatic rings. The molecule has 0 radical (unpaired) electrons. The van der Waals surface area contributed by atoms with Crippen LogP contribution in [0.15, 0.2) is 0 Å². The van der Waals surface area contributed by atoms with Crippen molar-refractivity contribution in [2.75, 3.05) is 7.11 Å². The zero-order valence-corrected chi connectivity index (χ0v) is 18.5. The van der Waals surface area contributed by atoms with E-state index < -0.39 is 0 Å². The minimum atomic E-state index is -0.0889. The summed E-state index contributed by atoms with van der Waals surface area (Å²) in [7, 11) is 1.48. The monoisotopic (exact) mass is 388 g/mol. The third-order valence-corrected chi connectivity index (χ3v) is 10.2. The molecule has 0 aliphatic heterocycles. The van der Waals surface area contributed by atoms with Crippen LogP contribution in [-0.4, -0.2) is 18.9 Å². The number of rotatable bonds is 4. The molecule has 28 heavy (non-hydrogen) atoms. The van der Waals surface area contributed by atoms with Gasteiger partial charge in [-0.05, 0) is 85.4 Å². The Labute approximate surface area is 171 Å². The number of Topliss-reactive ketones (excluding diaryl/α,β-unsaturated/α-hetero) is 1. The highest BCUT2D eigenvalue weighted by molar-refractivity contribution is 5.83. The molecule has 0 aromatic heterocycles. The molecule has 4 fully saturated rings. The molecule has 4 aliphatic carbocycles. The summed E-state index contributed by atoms with van der Waals surface area (Å²) in [5.41, 5.74) is 0.691. The second-order valence-electron chi connectivity index (χ2n) is 11.2. The average Bonchev–Trinajstić information content (AvgIpc) is 3.03. The smallest absolute Gasteiger partial charge is 0.305 e. The third kappa shape index (κ3) is 3.06. The van der Waals surface area contributed by atoms with E-state index in [0.29, 0.717) is 53.1 Å². The minimum absolute atomic E-state index is 0.0889. The molecule has 0 bridgehead atoms. The molecular weight excluding hydrogens is 348 g/mol. The minimum Gasteiger partial charge on any atom is -0.469 e. The lowest BCUT2D eigenvalue weighted by Crippen LogP contribution is -2.56. The first kappa shape index (κ1) is 20.4. The number of fused-ring (bicyclic) bond motifs is 5. The SMILES string of the molecule is COC(=O)CC[C@H](C)[C@H]1CC[C@@H]2[C@@H]3C(=O)C[C@@H]4CCCC[C@]4(C)[C@H]3CC[C@@]21C. The zero-order valence-electron chi connectivity index (χ0n) is 18.5. The highest BCUT2D eigenvalue weighted by atomic mass is 16.5. The Kier molecular flexibility index (Phi) is 5.42. The van der Waals surface area contributed by atoms with Gasteiger partial charge in [-0.1, -0.05) is 33.6 Å². The lowest BCUT2D eigenvalue weighted by molar-refractivity contribution is -0.156. The van der Waals surface area contributed by atoms with E-state index >= 15 is 0 Å². The molecule has 3 heteroatoms. The maximum absolute atomic E-state index is 13.4. The molecule has 4 saturated carbocycles. The summed E-state index contributed by atoms with van der Waals surface area (Å²) in [5.74, 6) is 3.86. The first-order valence-corrected chi connectivity index (χ1v) is 11.9. The molecular formula is C25H40O3. The van der Waals surface area contributed by atoms with Crippen molar-refractivity contribution in [2.24, 2.45) is 46.3 Å². The molecule has 0 spiro atoms. The number of methoxy groups -OCH3 is 1. The van der Waals surface area contributed by atoms with Crippen molar-refractivity contribution in [3.63, 3.8) is 0 Å². The second kappa shape index (κ2) is 7.43. The van der Waals surface area contributed by atoms with Crippen LogP contribution in [0.2, 0.25) is 0 Å². The average molecular weight is 389 g/mol. The van der Waals surface area contributed by atoms with Crippen LogP contribution < -0.4 is 0 Å². The van der Waals surface area contributed by atoms with Gasteiger partial charge in [-0.15, -0.1) is 0 Å². The lowest BCUT2D eigenvalue weighted by Gasteiger charge is -2.60. The predicted molar refractivity (Wildman–Crippen MR) is 111 cm³/mol. The van der Waals surface area contributed by atoms with E-state index in [1.54, 1.807) is 0 Å². The van der Waals surface area contributed by atoms with Crippen LogP contribution in [0.3, 0.4) is 0 Å². The zero-order chi connectivity index (χ0) is 20.1. The van der Waals surface area contributed by atoms with E-state index in [1.165, 1.54) is 58.5 Å². The van der Waals surface area contributed by atoms with Gasteiger partial charge in [0.1, 0.15) is 5.78 Å². The molecule has 8 atom stereocenters. The predicted octanol–water partition coefficient (Wildman–Crippen LogP) is 5.80. The molecule has 4 rings (SSSR count). The van der Waals surface area contributed by atoms with Gasteiger partial charge in [0.15, 0.2) is 0 Å². The van der Waals surface area contributed by atoms with Crippen LogP contribution in [-0.2, 0) is 14.3 Å². The fourth-order valence-corrected chi connectivity index (χ4v) is 8.59. The van der Waals surface area contributed by atoms with Crippen molar-refractivity contribution in [3.05, 3.63) is 0 Å². The van der Waals surface area contributed by atoms with Gasteiger partial charge in [-0.2, -0.15) is 0 Å². The highest BCUT2D eigenvalue weighted by Gasteiger charge is 2.62. The molecule has 0 amide bonds. The van der Waals surface area contributed by atoms with Gasteiger partial charge < -0.3 is 4.74 Å². The van der Waals surface area contributed by atoms with Crippen molar-refractivity contribution in [2.45, 2.75) is 91.4 Å². The summed E-state index contributed by atoms with van der Waals surface area (Å²) in [6.07, 6.45) is 12.6. The third-order valence-electron chi connectivity index (χ3n) is 10.2. The summed E-state index contributed by atoms with van der Waals surface area (Å²) < 4.78 is 4.86. The van der Waals surface area contributed by atoms with Crippen molar-refractivity contribution in [1.29, 1.82) is 0 Å². The number of hydrogen-bond acceptors (Lipinski definition) is 3. The summed E-state index contributed by atoms with van der Waals surface area (Å²) >= 11 is 0. The molecule has 0 unspecified atom stereocenters.